The third-order valence-corrected chi connectivity index (χ3v) is 10.1. The van der Waals surface area contributed by atoms with Crippen LogP contribution in [0.2, 0.25) is 0 Å². The van der Waals surface area contributed by atoms with E-state index < -0.39 is 0 Å². The number of carbonyl (C=O) groups is 1. The molecule has 2 aromatic carbocycles. The normalized spacial score (nSPS) is 22.5. The van der Waals surface area contributed by atoms with Gasteiger partial charge in [-0.15, -0.1) is 11.3 Å². The van der Waals surface area contributed by atoms with Crippen molar-refractivity contribution in [3.63, 3.8) is 0 Å². The summed E-state index contributed by atoms with van der Waals surface area (Å²) in [5, 5.41) is 4.11. The van der Waals surface area contributed by atoms with Crippen molar-refractivity contribution in [3.05, 3.63) is 97.4 Å². The van der Waals surface area contributed by atoms with Crippen LogP contribution in [-0.4, -0.2) is 47.2 Å². The molecule has 0 unspecified atom stereocenters. The molecule has 0 bridgehead atoms. The van der Waals surface area contributed by atoms with Gasteiger partial charge in [-0.2, -0.15) is 0 Å². The molecule has 4 aromatic rings. The Labute approximate surface area is 257 Å². The molecule has 5 atom stereocenters. The maximum absolute atomic E-state index is 13.0. The zero-order valence-electron chi connectivity index (χ0n) is 23.3. The standard InChI is InChI=1S/C31H34BrN3O4S2/c1-19-20(2)28(38-17-23-12-8-5-9-13-23)25(18-37-16-22-10-6-4-7-11-22)39-24(19)14-33-31-34-15-26(40-31)27(36)29-21(3)35-30(32)41-29/h4-13,15,19-20,24-25,28H,14,16-18H2,1-3H3,(H,33,34)/t19-,20+,24+,25+,28-/m0/s1. The van der Waals surface area contributed by atoms with Gasteiger partial charge in [-0.05, 0) is 45.8 Å². The topological polar surface area (TPSA) is 82.6 Å². The van der Waals surface area contributed by atoms with E-state index in [2.05, 4.69) is 69.3 Å². The van der Waals surface area contributed by atoms with Gasteiger partial charge in [0.05, 0.1) is 53.7 Å². The van der Waals surface area contributed by atoms with E-state index in [-0.39, 0.29) is 35.9 Å². The van der Waals surface area contributed by atoms with Crippen LogP contribution in [0.4, 0.5) is 5.13 Å². The smallest absolute Gasteiger partial charge is 0.216 e. The molecule has 3 heterocycles. The summed E-state index contributed by atoms with van der Waals surface area (Å²) in [4.78, 5) is 23.0. The summed E-state index contributed by atoms with van der Waals surface area (Å²) >= 11 is 6.06. The zero-order valence-corrected chi connectivity index (χ0v) is 26.5. The van der Waals surface area contributed by atoms with Gasteiger partial charge in [0, 0.05) is 6.54 Å². The zero-order chi connectivity index (χ0) is 28.8. The fraction of sp³-hybridized carbons (Fsp3) is 0.387. The summed E-state index contributed by atoms with van der Waals surface area (Å²) in [6, 6.07) is 20.4. The van der Waals surface area contributed by atoms with Gasteiger partial charge in [0.25, 0.3) is 0 Å². The summed E-state index contributed by atoms with van der Waals surface area (Å²) < 4.78 is 20.0. The summed E-state index contributed by atoms with van der Waals surface area (Å²) in [5.41, 5.74) is 2.98. The van der Waals surface area contributed by atoms with Gasteiger partial charge in [0.15, 0.2) is 9.05 Å². The van der Waals surface area contributed by atoms with Crippen molar-refractivity contribution in [2.24, 2.45) is 11.8 Å². The highest BCUT2D eigenvalue weighted by Gasteiger charge is 2.42. The van der Waals surface area contributed by atoms with Crippen LogP contribution in [0.1, 0.15) is 45.2 Å². The molecule has 1 aliphatic heterocycles. The Morgan fingerprint density at radius 2 is 1.66 bits per heavy atom. The first-order valence-electron chi connectivity index (χ1n) is 13.7. The van der Waals surface area contributed by atoms with Gasteiger partial charge in [0.2, 0.25) is 5.78 Å². The molecule has 1 aliphatic rings. The fourth-order valence-corrected chi connectivity index (χ4v) is 7.33. The molecule has 2 aromatic heterocycles. The Bertz CT molecular complexity index is 1420. The maximum Gasteiger partial charge on any atom is 0.216 e. The van der Waals surface area contributed by atoms with Crippen molar-refractivity contribution in [3.8, 4) is 0 Å². The molecule has 0 saturated carbocycles. The predicted molar refractivity (Wildman–Crippen MR) is 167 cm³/mol. The quantitative estimate of drug-likeness (QED) is 0.162. The first-order chi connectivity index (χ1) is 19.9. The van der Waals surface area contributed by atoms with Crippen LogP contribution in [-0.2, 0) is 27.4 Å². The van der Waals surface area contributed by atoms with Gasteiger partial charge in [-0.25, -0.2) is 9.97 Å². The number of halogens is 1. The number of benzene rings is 2. The number of thiazole rings is 2. The molecule has 1 saturated heterocycles. The lowest BCUT2D eigenvalue weighted by molar-refractivity contribution is -0.203. The lowest BCUT2D eigenvalue weighted by Gasteiger charge is -2.44. The number of hydrogen-bond donors (Lipinski definition) is 1. The first-order valence-corrected chi connectivity index (χ1v) is 16.1. The Kier molecular flexibility index (Phi) is 10.3. The molecule has 0 amide bonds. The van der Waals surface area contributed by atoms with E-state index in [9.17, 15) is 4.79 Å². The molecule has 0 aliphatic carbocycles. The molecule has 0 spiro atoms. The van der Waals surface area contributed by atoms with Crippen molar-refractivity contribution >= 4 is 49.5 Å². The highest BCUT2D eigenvalue weighted by molar-refractivity contribution is 9.11. The van der Waals surface area contributed by atoms with Crippen LogP contribution in [0.15, 0.2) is 70.8 Å². The average Bonchev–Trinajstić information content (AvgIpc) is 3.60. The summed E-state index contributed by atoms with van der Waals surface area (Å²) in [5.74, 6) is 0.416. The molecule has 216 valence electrons. The lowest BCUT2D eigenvalue weighted by Crippen LogP contribution is -2.53. The number of nitrogens with zero attached hydrogens (tertiary/aromatic N) is 2. The first kappa shape index (κ1) is 30.0. The SMILES string of the molecule is Cc1nc(Br)sc1C(=O)c1cnc(NC[C@H]2O[C@H](COCc3ccccc3)[C@@H](OCc3ccccc3)[C@H](C)[C@@H]2C)s1. The van der Waals surface area contributed by atoms with Crippen LogP contribution in [0.25, 0.3) is 0 Å². The van der Waals surface area contributed by atoms with E-state index in [0.717, 1.165) is 16.8 Å². The number of aryl methyl sites for hydroxylation is 1. The van der Waals surface area contributed by atoms with Gasteiger partial charge in [-0.3, -0.25) is 4.79 Å². The number of ether oxygens (including phenoxy) is 3. The van der Waals surface area contributed by atoms with Crippen LogP contribution in [0, 0.1) is 18.8 Å². The van der Waals surface area contributed by atoms with Crippen molar-refractivity contribution in [1.82, 2.24) is 9.97 Å². The van der Waals surface area contributed by atoms with Crippen LogP contribution < -0.4 is 5.32 Å². The number of anilines is 1. The number of hydrogen-bond acceptors (Lipinski definition) is 9. The summed E-state index contributed by atoms with van der Waals surface area (Å²) in [6.45, 7) is 8.32. The minimum absolute atomic E-state index is 0.0545. The van der Waals surface area contributed by atoms with Gasteiger partial charge < -0.3 is 19.5 Å². The van der Waals surface area contributed by atoms with Gasteiger partial charge in [-0.1, -0.05) is 85.8 Å². The Morgan fingerprint density at radius 1 is 0.976 bits per heavy atom. The minimum Gasteiger partial charge on any atom is -0.374 e. The number of ketones is 1. The summed E-state index contributed by atoms with van der Waals surface area (Å²) in [6.07, 6.45) is 1.23. The second kappa shape index (κ2) is 14.1. The predicted octanol–water partition coefficient (Wildman–Crippen LogP) is 7.16. The highest BCUT2D eigenvalue weighted by atomic mass is 79.9. The monoisotopic (exact) mass is 655 g/mol. The van der Waals surface area contributed by atoms with E-state index in [1.165, 1.54) is 22.7 Å². The van der Waals surface area contributed by atoms with Crippen molar-refractivity contribution < 1.29 is 19.0 Å². The van der Waals surface area contributed by atoms with E-state index in [1.807, 2.05) is 43.3 Å². The van der Waals surface area contributed by atoms with Crippen molar-refractivity contribution in [1.29, 1.82) is 0 Å². The second-order valence-corrected chi connectivity index (χ2v) is 13.6. The van der Waals surface area contributed by atoms with Crippen LogP contribution >= 0.6 is 38.6 Å². The van der Waals surface area contributed by atoms with E-state index >= 15 is 0 Å². The third-order valence-electron chi connectivity index (χ3n) is 7.49. The average molecular weight is 657 g/mol. The molecule has 10 heteroatoms. The molecular formula is C31H34BrN3O4S2. The third kappa shape index (κ3) is 7.68. The van der Waals surface area contributed by atoms with Gasteiger partial charge in [0.1, 0.15) is 6.10 Å². The second-order valence-electron chi connectivity index (χ2n) is 10.3. The number of aromatic nitrogens is 2. The fourth-order valence-electron chi connectivity index (χ4n) is 5.00. The Morgan fingerprint density at radius 3 is 2.32 bits per heavy atom. The number of nitrogens with one attached hydrogen (secondary N) is 1. The molecule has 41 heavy (non-hydrogen) atoms. The number of carbonyl (C=O) groups excluding carboxylic acids is 1. The van der Waals surface area contributed by atoms with Crippen LogP contribution in [0.5, 0.6) is 0 Å². The van der Waals surface area contributed by atoms with E-state index in [1.54, 1.807) is 6.20 Å². The molecule has 0 radical (unpaired) electrons. The van der Waals surface area contributed by atoms with Crippen LogP contribution in [0.3, 0.4) is 0 Å². The molecular weight excluding hydrogens is 622 g/mol. The molecule has 7 nitrogen and oxygen atoms in total. The maximum atomic E-state index is 13.0. The highest BCUT2D eigenvalue weighted by Crippen LogP contribution is 2.34. The molecule has 1 N–H and O–H groups in total. The minimum atomic E-state index is -0.221. The Balaban J connectivity index is 1.23. The van der Waals surface area contributed by atoms with E-state index in [4.69, 9.17) is 14.2 Å². The van der Waals surface area contributed by atoms with Gasteiger partial charge >= 0.3 is 0 Å². The summed E-state index contributed by atoms with van der Waals surface area (Å²) in [7, 11) is 0. The van der Waals surface area contributed by atoms with E-state index in [0.29, 0.717) is 45.2 Å². The molecule has 1 fully saturated rings. The Hall–Kier alpha value is -2.47. The van der Waals surface area contributed by atoms with Crippen molar-refractivity contribution in [2.75, 3.05) is 18.5 Å². The number of rotatable bonds is 12. The largest absolute Gasteiger partial charge is 0.374 e. The lowest BCUT2D eigenvalue weighted by atomic mass is 9.81. The van der Waals surface area contributed by atoms with Crippen molar-refractivity contribution in [2.45, 2.75) is 52.3 Å². The molecule has 5 rings (SSSR count).